The number of para-hydroxylation sites is 1. The zero-order chi connectivity index (χ0) is 21.1. The number of nitrogens with one attached hydrogen (secondary N) is 2. The Labute approximate surface area is 176 Å². The van der Waals surface area contributed by atoms with Gasteiger partial charge in [-0.3, -0.25) is 14.4 Å². The zero-order valence-corrected chi connectivity index (χ0v) is 16.6. The first-order valence-electron chi connectivity index (χ1n) is 9.32. The third-order valence-corrected chi connectivity index (χ3v) is 5.64. The van der Waals surface area contributed by atoms with E-state index < -0.39 is 11.7 Å². The molecule has 0 spiro atoms. The third-order valence-electron chi connectivity index (χ3n) is 4.77. The molecule has 0 radical (unpaired) electrons. The SMILES string of the molecule is O=C(Nc1cccc(NC(=O)C2CC(=O)N(c3ccccc3F)C2)c1)c1cccs1. The topological polar surface area (TPSA) is 78.5 Å². The highest BCUT2D eigenvalue weighted by atomic mass is 32.1. The Bertz CT molecular complexity index is 1100. The Kier molecular flexibility index (Phi) is 5.58. The number of amides is 3. The van der Waals surface area contributed by atoms with Crippen LogP contribution in [0.5, 0.6) is 0 Å². The van der Waals surface area contributed by atoms with E-state index in [2.05, 4.69) is 10.6 Å². The van der Waals surface area contributed by atoms with Crippen molar-refractivity contribution in [2.45, 2.75) is 6.42 Å². The third kappa shape index (κ3) is 4.23. The van der Waals surface area contributed by atoms with Gasteiger partial charge < -0.3 is 15.5 Å². The van der Waals surface area contributed by atoms with E-state index in [1.165, 1.54) is 28.4 Å². The van der Waals surface area contributed by atoms with Crippen LogP contribution in [-0.4, -0.2) is 24.3 Å². The highest BCUT2D eigenvalue weighted by Gasteiger charge is 2.36. The summed E-state index contributed by atoms with van der Waals surface area (Å²) in [5.41, 5.74) is 1.22. The van der Waals surface area contributed by atoms with Crippen LogP contribution in [0.25, 0.3) is 0 Å². The van der Waals surface area contributed by atoms with E-state index in [0.29, 0.717) is 16.3 Å². The van der Waals surface area contributed by atoms with Crippen LogP contribution in [-0.2, 0) is 9.59 Å². The van der Waals surface area contributed by atoms with Crippen molar-refractivity contribution in [1.82, 2.24) is 0 Å². The van der Waals surface area contributed by atoms with Crippen molar-refractivity contribution in [2.75, 3.05) is 22.1 Å². The largest absolute Gasteiger partial charge is 0.326 e. The van der Waals surface area contributed by atoms with Crippen molar-refractivity contribution in [3.8, 4) is 0 Å². The van der Waals surface area contributed by atoms with Crippen molar-refractivity contribution in [2.24, 2.45) is 5.92 Å². The minimum atomic E-state index is -0.596. The molecular weight excluding hydrogens is 405 g/mol. The quantitative estimate of drug-likeness (QED) is 0.648. The van der Waals surface area contributed by atoms with Crippen molar-refractivity contribution < 1.29 is 18.8 Å². The summed E-state index contributed by atoms with van der Waals surface area (Å²) in [6.07, 6.45) is 0.00890. The van der Waals surface area contributed by atoms with E-state index in [1.807, 2.05) is 5.38 Å². The van der Waals surface area contributed by atoms with Gasteiger partial charge in [-0.15, -0.1) is 11.3 Å². The second kappa shape index (κ2) is 8.46. The fraction of sp³-hybridized carbons (Fsp3) is 0.136. The predicted octanol–water partition coefficient (Wildman–Crippen LogP) is 4.13. The number of hydrogen-bond acceptors (Lipinski definition) is 4. The van der Waals surface area contributed by atoms with Crippen LogP contribution in [0.1, 0.15) is 16.1 Å². The molecular formula is C22H18FN3O3S. The molecule has 8 heteroatoms. The first kappa shape index (κ1) is 19.8. The van der Waals surface area contributed by atoms with Gasteiger partial charge in [-0.1, -0.05) is 24.3 Å². The molecule has 1 aliphatic rings. The summed E-state index contributed by atoms with van der Waals surface area (Å²) in [4.78, 5) is 39.1. The molecule has 1 atom stereocenters. The van der Waals surface area contributed by atoms with Crippen molar-refractivity contribution in [3.63, 3.8) is 0 Å². The summed E-state index contributed by atoms with van der Waals surface area (Å²) in [5, 5.41) is 7.38. The maximum Gasteiger partial charge on any atom is 0.265 e. The van der Waals surface area contributed by atoms with Gasteiger partial charge in [0.15, 0.2) is 0 Å². The lowest BCUT2D eigenvalue weighted by molar-refractivity contribution is -0.122. The number of carbonyl (C=O) groups excluding carboxylic acids is 3. The van der Waals surface area contributed by atoms with Gasteiger partial charge in [0.1, 0.15) is 5.82 Å². The highest BCUT2D eigenvalue weighted by Crippen LogP contribution is 2.28. The number of hydrogen-bond donors (Lipinski definition) is 2. The first-order chi connectivity index (χ1) is 14.5. The van der Waals surface area contributed by atoms with Crippen LogP contribution >= 0.6 is 11.3 Å². The summed E-state index contributed by atoms with van der Waals surface area (Å²) in [6.45, 7) is 0.112. The molecule has 3 amide bonds. The average molecular weight is 423 g/mol. The van der Waals surface area contributed by atoms with E-state index in [0.717, 1.165) is 0 Å². The van der Waals surface area contributed by atoms with Crippen molar-refractivity contribution >= 4 is 46.1 Å². The summed E-state index contributed by atoms with van der Waals surface area (Å²) in [7, 11) is 0. The molecule has 152 valence electrons. The standard InChI is InChI=1S/C22H18FN3O3S/c23-17-7-1-2-8-18(17)26-13-14(11-20(26)27)21(28)24-15-5-3-6-16(12-15)25-22(29)19-9-4-10-30-19/h1-10,12,14H,11,13H2,(H,24,28)(H,25,29). The van der Waals surface area contributed by atoms with Crippen LogP contribution in [0, 0.1) is 11.7 Å². The smallest absolute Gasteiger partial charge is 0.265 e. The lowest BCUT2D eigenvalue weighted by atomic mass is 10.1. The molecule has 1 saturated heterocycles. The Balaban J connectivity index is 1.41. The molecule has 2 aromatic carbocycles. The Hall–Kier alpha value is -3.52. The van der Waals surface area contributed by atoms with Gasteiger partial charge >= 0.3 is 0 Å². The minimum Gasteiger partial charge on any atom is -0.326 e. The minimum absolute atomic E-state index is 0.00890. The van der Waals surface area contributed by atoms with Gasteiger partial charge in [-0.05, 0) is 41.8 Å². The zero-order valence-electron chi connectivity index (χ0n) is 15.8. The van der Waals surface area contributed by atoms with Gasteiger partial charge in [-0.25, -0.2) is 4.39 Å². The maximum atomic E-state index is 14.0. The van der Waals surface area contributed by atoms with Crippen LogP contribution < -0.4 is 15.5 Å². The predicted molar refractivity (Wildman–Crippen MR) is 114 cm³/mol. The first-order valence-corrected chi connectivity index (χ1v) is 10.2. The molecule has 0 aliphatic carbocycles. The van der Waals surface area contributed by atoms with Gasteiger partial charge in [0.05, 0.1) is 16.5 Å². The second-order valence-electron chi connectivity index (χ2n) is 6.86. The molecule has 4 rings (SSSR count). The van der Waals surface area contributed by atoms with E-state index in [1.54, 1.807) is 48.5 Å². The van der Waals surface area contributed by atoms with Gasteiger partial charge in [0.2, 0.25) is 11.8 Å². The second-order valence-corrected chi connectivity index (χ2v) is 7.81. The summed E-state index contributed by atoms with van der Waals surface area (Å²) >= 11 is 1.34. The number of halogens is 1. The number of anilines is 3. The lowest BCUT2D eigenvalue weighted by Crippen LogP contribution is -2.28. The fourth-order valence-electron chi connectivity index (χ4n) is 3.31. The van der Waals surface area contributed by atoms with Crippen molar-refractivity contribution in [3.05, 3.63) is 76.7 Å². The lowest BCUT2D eigenvalue weighted by Gasteiger charge is -2.17. The normalized spacial score (nSPS) is 15.8. The molecule has 1 aromatic heterocycles. The molecule has 0 bridgehead atoms. The molecule has 2 heterocycles. The molecule has 1 unspecified atom stereocenters. The summed E-state index contributed by atoms with van der Waals surface area (Å²) in [6, 6.07) is 16.3. The monoisotopic (exact) mass is 423 g/mol. The summed E-state index contributed by atoms with van der Waals surface area (Å²) < 4.78 is 14.0. The molecule has 0 saturated carbocycles. The maximum absolute atomic E-state index is 14.0. The Morgan fingerprint density at radius 3 is 2.50 bits per heavy atom. The van der Waals surface area contributed by atoms with Crippen molar-refractivity contribution in [1.29, 1.82) is 0 Å². The molecule has 3 aromatic rings. The number of nitrogens with zero attached hydrogens (tertiary/aromatic N) is 1. The number of benzene rings is 2. The molecule has 2 N–H and O–H groups in total. The summed E-state index contributed by atoms with van der Waals surface area (Å²) in [5.74, 6) is -1.95. The van der Waals surface area contributed by atoms with Crippen LogP contribution in [0.4, 0.5) is 21.5 Å². The Morgan fingerprint density at radius 2 is 1.77 bits per heavy atom. The number of thiophene rings is 1. The van der Waals surface area contributed by atoms with Gasteiger partial charge in [0, 0.05) is 24.3 Å². The molecule has 1 fully saturated rings. The number of carbonyl (C=O) groups is 3. The van der Waals surface area contributed by atoms with E-state index in [-0.39, 0.29) is 36.4 Å². The average Bonchev–Trinajstić information content (AvgIpc) is 3.39. The van der Waals surface area contributed by atoms with Gasteiger partial charge in [0.25, 0.3) is 5.91 Å². The van der Waals surface area contributed by atoms with E-state index in [4.69, 9.17) is 0 Å². The fourth-order valence-corrected chi connectivity index (χ4v) is 3.93. The number of rotatable bonds is 5. The molecule has 6 nitrogen and oxygen atoms in total. The molecule has 1 aliphatic heterocycles. The van der Waals surface area contributed by atoms with Crippen LogP contribution in [0.15, 0.2) is 66.0 Å². The van der Waals surface area contributed by atoms with Crippen LogP contribution in [0.3, 0.4) is 0 Å². The van der Waals surface area contributed by atoms with E-state index in [9.17, 15) is 18.8 Å². The molecule has 30 heavy (non-hydrogen) atoms. The Morgan fingerprint density at radius 1 is 1.00 bits per heavy atom. The van der Waals surface area contributed by atoms with Gasteiger partial charge in [-0.2, -0.15) is 0 Å². The highest BCUT2D eigenvalue weighted by molar-refractivity contribution is 7.12. The van der Waals surface area contributed by atoms with Crippen LogP contribution in [0.2, 0.25) is 0 Å². The van der Waals surface area contributed by atoms with E-state index >= 15 is 0 Å².